The Balaban J connectivity index is 1.56. The van der Waals surface area contributed by atoms with Crippen LogP contribution in [0.2, 0.25) is 0 Å². The fraction of sp³-hybridized carbons (Fsp3) is 0.391. The molecule has 0 radical (unpaired) electrons. The van der Waals surface area contributed by atoms with E-state index in [4.69, 9.17) is 0 Å². The second-order valence-electron chi connectivity index (χ2n) is 7.56. The van der Waals surface area contributed by atoms with Gasteiger partial charge < -0.3 is 10.2 Å². The van der Waals surface area contributed by atoms with Gasteiger partial charge in [-0.15, -0.1) is 0 Å². The zero-order valence-corrected chi connectivity index (χ0v) is 16.4. The lowest BCUT2D eigenvalue weighted by Gasteiger charge is -2.21. The van der Waals surface area contributed by atoms with Gasteiger partial charge in [-0.2, -0.15) is 0 Å². The fourth-order valence-electron chi connectivity index (χ4n) is 3.60. The molecular weight excluding hydrogens is 336 g/mol. The van der Waals surface area contributed by atoms with Crippen molar-refractivity contribution in [1.82, 2.24) is 5.32 Å². The van der Waals surface area contributed by atoms with Gasteiger partial charge in [-0.05, 0) is 56.4 Å². The highest BCUT2D eigenvalue weighted by molar-refractivity contribution is 6.00. The average molecular weight is 364 g/mol. The average Bonchev–Trinajstić information content (AvgIpc) is 3.05. The van der Waals surface area contributed by atoms with E-state index in [-0.39, 0.29) is 30.2 Å². The minimum Gasteiger partial charge on any atom is -0.353 e. The summed E-state index contributed by atoms with van der Waals surface area (Å²) in [6.07, 6.45) is 2.10. The quantitative estimate of drug-likeness (QED) is 0.848. The lowest BCUT2D eigenvalue weighted by Crippen LogP contribution is -2.38. The van der Waals surface area contributed by atoms with Gasteiger partial charge in [-0.1, -0.05) is 42.5 Å². The Hall–Kier alpha value is -2.62. The molecule has 2 aromatic rings. The summed E-state index contributed by atoms with van der Waals surface area (Å²) in [5.74, 6) is -0.269. The maximum absolute atomic E-state index is 12.7. The number of nitrogens with zero attached hydrogens (tertiary/aromatic N) is 1. The van der Waals surface area contributed by atoms with E-state index in [1.54, 1.807) is 4.90 Å². The van der Waals surface area contributed by atoms with Crippen molar-refractivity contribution in [1.29, 1.82) is 0 Å². The predicted molar refractivity (Wildman–Crippen MR) is 109 cm³/mol. The van der Waals surface area contributed by atoms with Gasteiger partial charge in [0.2, 0.25) is 11.8 Å². The second-order valence-corrected chi connectivity index (χ2v) is 7.56. The first-order chi connectivity index (χ1) is 13.0. The molecule has 27 heavy (non-hydrogen) atoms. The summed E-state index contributed by atoms with van der Waals surface area (Å²) in [6, 6.07) is 16.3. The summed E-state index contributed by atoms with van der Waals surface area (Å²) in [4.78, 5) is 26.9. The monoisotopic (exact) mass is 364 g/mol. The van der Waals surface area contributed by atoms with Crippen LogP contribution in [-0.4, -0.2) is 24.4 Å². The van der Waals surface area contributed by atoms with E-state index >= 15 is 0 Å². The van der Waals surface area contributed by atoms with Gasteiger partial charge in [-0.25, -0.2) is 0 Å². The van der Waals surface area contributed by atoms with Crippen LogP contribution < -0.4 is 10.2 Å². The lowest BCUT2D eigenvalue weighted by molar-refractivity contribution is -0.126. The molecule has 142 valence electrons. The Labute approximate surface area is 161 Å². The smallest absolute Gasteiger partial charge is 0.227 e. The Morgan fingerprint density at radius 1 is 1.15 bits per heavy atom. The number of amides is 2. The molecule has 0 bridgehead atoms. The van der Waals surface area contributed by atoms with Crippen molar-refractivity contribution >= 4 is 17.5 Å². The highest BCUT2D eigenvalue weighted by atomic mass is 16.2. The summed E-state index contributed by atoms with van der Waals surface area (Å²) < 4.78 is 0. The summed E-state index contributed by atoms with van der Waals surface area (Å²) in [5, 5.41) is 3.09. The van der Waals surface area contributed by atoms with Crippen molar-refractivity contribution in [3.63, 3.8) is 0 Å². The third-order valence-corrected chi connectivity index (χ3v) is 5.46. The summed E-state index contributed by atoms with van der Waals surface area (Å²) in [7, 11) is 0. The van der Waals surface area contributed by atoms with Crippen LogP contribution in [0.5, 0.6) is 0 Å². The SMILES string of the molecule is Cc1cccc(N2C[C@H](C(=O)N[C@@H](C)CCc3ccccc3)CC2=O)c1C. The topological polar surface area (TPSA) is 49.4 Å². The van der Waals surface area contributed by atoms with Crippen molar-refractivity contribution in [2.75, 3.05) is 11.4 Å². The van der Waals surface area contributed by atoms with Crippen molar-refractivity contribution < 1.29 is 9.59 Å². The molecule has 3 rings (SSSR count). The molecule has 1 fully saturated rings. The molecule has 1 aliphatic heterocycles. The molecule has 0 unspecified atom stereocenters. The largest absolute Gasteiger partial charge is 0.353 e. The number of nitrogens with one attached hydrogen (secondary N) is 1. The molecule has 0 saturated carbocycles. The highest BCUT2D eigenvalue weighted by Gasteiger charge is 2.36. The zero-order chi connectivity index (χ0) is 19.4. The van der Waals surface area contributed by atoms with Crippen LogP contribution >= 0.6 is 0 Å². The lowest BCUT2D eigenvalue weighted by atomic mass is 10.0. The van der Waals surface area contributed by atoms with E-state index in [1.807, 2.05) is 57.2 Å². The first-order valence-electron chi connectivity index (χ1n) is 9.66. The number of anilines is 1. The molecule has 1 heterocycles. The maximum atomic E-state index is 12.7. The minimum absolute atomic E-state index is 0.0169. The number of benzene rings is 2. The van der Waals surface area contributed by atoms with Gasteiger partial charge in [0, 0.05) is 24.7 Å². The van der Waals surface area contributed by atoms with E-state index in [1.165, 1.54) is 5.56 Å². The van der Waals surface area contributed by atoms with Crippen molar-refractivity contribution in [2.24, 2.45) is 5.92 Å². The molecule has 1 N–H and O–H groups in total. The van der Waals surface area contributed by atoms with Crippen molar-refractivity contribution in [2.45, 2.75) is 46.1 Å². The number of rotatable bonds is 6. The third kappa shape index (κ3) is 4.57. The van der Waals surface area contributed by atoms with Gasteiger partial charge in [-0.3, -0.25) is 9.59 Å². The molecule has 0 spiro atoms. The fourth-order valence-corrected chi connectivity index (χ4v) is 3.60. The number of carbonyl (C=O) groups is 2. The Morgan fingerprint density at radius 2 is 1.89 bits per heavy atom. The molecule has 4 heteroatoms. The van der Waals surface area contributed by atoms with Crippen LogP contribution in [0.4, 0.5) is 5.69 Å². The van der Waals surface area contributed by atoms with Gasteiger partial charge in [0.15, 0.2) is 0 Å². The number of hydrogen-bond acceptors (Lipinski definition) is 2. The molecule has 0 aromatic heterocycles. The second kappa shape index (κ2) is 8.38. The van der Waals surface area contributed by atoms with Gasteiger partial charge in [0.05, 0.1) is 5.92 Å². The first-order valence-corrected chi connectivity index (χ1v) is 9.66. The summed E-state index contributed by atoms with van der Waals surface area (Å²) in [6.45, 7) is 6.55. The van der Waals surface area contributed by atoms with Crippen LogP contribution in [0.15, 0.2) is 48.5 Å². The first kappa shape index (κ1) is 19.2. The van der Waals surface area contributed by atoms with Crippen molar-refractivity contribution in [3.05, 3.63) is 65.2 Å². The van der Waals surface area contributed by atoms with Crippen LogP contribution in [0.1, 0.15) is 36.5 Å². The summed E-state index contributed by atoms with van der Waals surface area (Å²) >= 11 is 0. The Kier molecular flexibility index (Phi) is 5.94. The number of carbonyl (C=O) groups excluding carboxylic acids is 2. The highest BCUT2D eigenvalue weighted by Crippen LogP contribution is 2.29. The van der Waals surface area contributed by atoms with E-state index in [0.717, 1.165) is 29.7 Å². The molecular formula is C23H28N2O2. The van der Waals surface area contributed by atoms with E-state index in [9.17, 15) is 9.59 Å². The number of aryl methyl sites for hydroxylation is 2. The maximum Gasteiger partial charge on any atom is 0.227 e. The van der Waals surface area contributed by atoms with Gasteiger partial charge in [0.1, 0.15) is 0 Å². The molecule has 0 aliphatic carbocycles. The standard InChI is InChI=1S/C23H28N2O2/c1-16-8-7-11-21(18(16)3)25-15-20(14-22(25)26)23(27)24-17(2)12-13-19-9-5-4-6-10-19/h4-11,17,20H,12-15H2,1-3H3,(H,24,27)/t17-,20+/m0/s1. The summed E-state index contributed by atoms with van der Waals surface area (Å²) in [5.41, 5.74) is 4.45. The minimum atomic E-state index is -0.281. The van der Waals surface area contributed by atoms with Crippen LogP contribution in [-0.2, 0) is 16.0 Å². The van der Waals surface area contributed by atoms with Crippen molar-refractivity contribution in [3.8, 4) is 0 Å². The van der Waals surface area contributed by atoms with Crippen LogP contribution in [0, 0.1) is 19.8 Å². The normalized spacial score (nSPS) is 17.8. The van der Waals surface area contributed by atoms with E-state index in [2.05, 4.69) is 17.4 Å². The third-order valence-electron chi connectivity index (χ3n) is 5.46. The number of hydrogen-bond donors (Lipinski definition) is 1. The molecule has 2 aromatic carbocycles. The van der Waals surface area contributed by atoms with Gasteiger partial charge >= 0.3 is 0 Å². The molecule has 1 aliphatic rings. The van der Waals surface area contributed by atoms with Crippen LogP contribution in [0.3, 0.4) is 0 Å². The Bertz CT molecular complexity index is 816. The van der Waals surface area contributed by atoms with E-state index < -0.39 is 0 Å². The molecule has 4 nitrogen and oxygen atoms in total. The predicted octanol–water partition coefficient (Wildman–Crippen LogP) is 3.79. The Morgan fingerprint density at radius 3 is 2.63 bits per heavy atom. The van der Waals surface area contributed by atoms with Gasteiger partial charge in [0.25, 0.3) is 0 Å². The molecule has 2 atom stereocenters. The molecule has 1 saturated heterocycles. The zero-order valence-electron chi connectivity index (χ0n) is 16.4. The van der Waals surface area contributed by atoms with Crippen LogP contribution in [0.25, 0.3) is 0 Å². The van der Waals surface area contributed by atoms with E-state index in [0.29, 0.717) is 6.54 Å². The molecule has 2 amide bonds.